The maximum Gasteiger partial charge on any atom is 0.193 e. The van der Waals surface area contributed by atoms with E-state index in [-0.39, 0.29) is 11.5 Å². The zero-order chi connectivity index (χ0) is 15.4. The quantitative estimate of drug-likeness (QED) is 0.730. The van der Waals surface area contributed by atoms with Crippen LogP contribution >= 0.6 is 0 Å². The van der Waals surface area contributed by atoms with Gasteiger partial charge in [-0.25, -0.2) is 0 Å². The summed E-state index contributed by atoms with van der Waals surface area (Å²) in [5.41, 5.74) is 3.66. The first-order valence-corrected chi connectivity index (χ1v) is 7.19. The predicted molar refractivity (Wildman–Crippen MR) is 87.2 cm³/mol. The molecule has 0 bridgehead atoms. The number of aromatic hydroxyl groups is 1. The summed E-state index contributed by atoms with van der Waals surface area (Å²) in [5, 5.41) is 9.29. The van der Waals surface area contributed by atoms with E-state index in [0.717, 1.165) is 17.5 Å². The Morgan fingerprint density at radius 2 is 1.18 bits per heavy atom. The Kier molecular flexibility index (Phi) is 4.01. The summed E-state index contributed by atoms with van der Waals surface area (Å²) < 4.78 is 0. The summed E-state index contributed by atoms with van der Waals surface area (Å²) in [6.07, 6.45) is 0.778. The highest BCUT2D eigenvalue weighted by Gasteiger charge is 2.08. The van der Waals surface area contributed by atoms with Crippen molar-refractivity contribution in [3.63, 3.8) is 0 Å². The van der Waals surface area contributed by atoms with E-state index in [1.54, 1.807) is 12.1 Å². The van der Waals surface area contributed by atoms with E-state index >= 15 is 0 Å². The normalized spacial score (nSPS) is 10.4. The molecule has 2 heteroatoms. The molecule has 0 saturated carbocycles. The van der Waals surface area contributed by atoms with Crippen molar-refractivity contribution in [1.82, 2.24) is 0 Å². The second-order valence-corrected chi connectivity index (χ2v) is 5.24. The maximum absolute atomic E-state index is 12.3. The van der Waals surface area contributed by atoms with Gasteiger partial charge >= 0.3 is 0 Å². The third-order valence-electron chi connectivity index (χ3n) is 3.60. The number of phenols is 1. The molecule has 22 heavy (non-hydrogen) atoms. The second kappa shape index (κ2) is 6.27. The molecule has 0 unspecified atom stereocenters. The van der Waals surface area contributed by atoms with Crippen LogP contribution in [0.25, 0.3) is 0 Å². The Morgan fingerprint density at radius 1 is 0.682 bits per heavy atom. The van der Waals surface area contributed by atoms with Crippen LogP contribution in [0, 0.1) is 0 Å². The minimum Gasteiger partial charge on any atom is -0.508 e. The van der Waals surface area contributed by atoms with Gasteiger partial charge in [-0.1, -0.05) is 66.7 Å². The fourth-order valence-corrected chi connectivity index (χ4v) is 2.38. The van der Waals surface area contributed by atoms with E-state index in [1.165, 1.54) is 0 Å². The van der Waals surface area contributed by atoms with Crippen molar-refractivity contribution in [1.29, 1.82) is 0 Å². The molecule has 3 aromatic rings. The molecule has 0 saturated heterocycles. The van der Waals surface area contributed by atoms with Crippen molar-refractivity contribution in [2.75, 3.05) is 0 Å². The van der Waals surface area contributed by atoms with Crippen molar-refractivity contribution >= 4 is 5.78 Å². The van der Waals surface area contributed by atoms with Gasteiger partial charge < -0.3 is 5.11 Å². The zero-order valence-corrected chi connectivity index (χ0v) is 12.1. The molecule has 2 nitrogen and oxygen atoms in total. The number of carbonyl (C=O) groups excluding carboxylic acids is 1. The maximum atomic E-state index is 12.3. The lowest BCUT2D eigenvalue weighted by Gasteiger charge is -2.05. The first-order chi connectivity index (χ1) is 10.7. The highest BCUT2D eigenvalue weighted by molar-refractivity contribution is 6.08. The van der Waals surface area contributed by atoms with Crippen LogP contribution < -0.4 is 0 Å². The highest BCUT2D eigenvalue weighted by Crippen LogP contribution is 2.16. The molecule has 3 rings (SSSR count). The second-order valence-electron chi connectivity index (χ2n) is 5.24. The molecule has 1 N–H and O–H groups in total. The Balaban J connectivity index is 1.75. The molecule has 108 valence electrons. The molecule has 0 spiro atoms. The number of phenolic OH excluding ortho intramolecular Hbond substituents is 1. The van der Waals surface area contributed by atoms with Gasteiger partial charge in [-0.15, -0.1) is 0 Å². The van der Waals surface area contributed by atoms with Gasteiger partial charge in [0.05, 0.1) is 0 Å². The van der Waals surface area contributed by atoms with Gasteiger partial charge in [0, 0.05) is 11.1 Å². The monoisotopic (exact) mass is 288 g/mol. The lowest BCUT2D eigenvalue weighted by Crippen LogP contribution is -2.01. The fraction of sp³-hybridized carbons (Fsp3) is 0.0500. The molecule has 0 radical (unpaired) electrons. The minimum absolute atomic E-state index is 0.0387. The van der Waals surface area contributed by atoms with Crippen LogP contribution in [-0.2, 0) is 6.42 Å². The summed E-state index contributed by atoms with van der Waals surface area (Å²) >= 11 is 0. The SMILES string of the molecule is O=C(c1ccccc1)c1ccc(Cc2ccc(O)cc2)cc1. The molecule has 3 aromatic carbocycles. The van der Waals surface area contributed by atoms with Gasteiger partial charge in [-0.2, -0.15) is 0 Å². The summed E-state index contributed by atoms with van der Waals surface area (Å²) in [6.45, 7) is 0. The molecule has 0 atom stereocenters. The Morgan fingerprint density at radius 3 is 1.77 bits per heavy atom. The number of hydrogen-bond acceptors (Lipinski definition) is 2. The highest BCUT2D eigenvalue weighted by atomic mass is 16.3. The molecule has 0 aliphatic heterocycles. The number of rotatable bonds is 4. The summed E-state index contributed by atoms with van der Waals surface area (Å²) in [7, 11) is 0. The number of benzene rings is 3. The minimum atomic E-state index is 0.0387. The fourth-order valence-electron chi connectivity index (χ4n) is 2.38. The van der Waals surface area contributed by atoms with Crippen LogP contribution in [0.4, 0.5) is 0 Å². The van der Waals surface area contributed by atoms with Gasteiger partial charge in [0.15, 0.2) is 5.78 Å². The van der Waals surface area contributed by atoms with Crippen molar-refractivity contribution in [2.24, 2.45) is 0 Å². The zero-order valence-electron chi connectivity index (χ0n) is 12.1. The van der Waals surface area contributed by atoms with Gasteiger partial charge in [-0.05, 0) is 29.7 Å². The summed E-state index contributed by atoms with van der Waals surface area (Å²) in [5.74, 6) is 0.310. The van der Waals surface area contributed by atoms with Gasteiger partial charge in [0.2, 0.25) is 0 Å². The van der Waals surface area contributed by atoms with Crippen molar-refractivity contribution in [3.05, 3.63) is 101 Å². The van der Waals surface area contributed by atoms with E-state index in [0.29, 0.717) is 11.1 Å². The third-order valence-corrected chi connectivity index (χ3v) is 3.60. The molecular weight excluding hydrogens is 272 g/mol. The first-order valence-electron chi connectivity index (χ1n) is 7.19. The van der Waals surface area contributed by atoms with Gasteiger partial charge in [0.1, 0.15) is 5.75 Å². The molecular formula is C20H16O2. The largest absolute Gasteiger partial charge is 0.508 e. The van der Waals surface area contributed by atoms with Crippen LogP contribution in [0.1, 0.15) is 27.0 Å². The van der Waals surface area contributed by atoms with Crippen molar-refractivity contribution < 1.29 is 9.90 Å². The average Bonchev–Trinajstić information content (AvgIpc) is 2.58. The molecule has 0 heterocycles. The van der Waals surface area contributed by atoms with Crippen LogP contribution in [-0.4, -0.2) is 10.9 Å². The van der Waals surface area contributed by atoms with Gasteiger partial charge in [0.25, 0.3) is 0 Å². The van der Waals surface area contributed by atoms with E-state index in [2.05, 4.69) is 0 Å². The Hall–Kier alpha value is -2.87. The van der Waals surface area contributed by atoms with E-state index in [9.17, 15) is 9.90 Å². The average molecular weight is 288 g/mol. The Bertz CT molecular complexity index is 757. The van der Waals surface area contributed by atoms with E-state index in [4.69, 9.17) is 0 Å². The number of carbonyl (C=O) groups is 1. The molecule has 0 aromatic heterocycles. The van der Waals surface area contributed by atoms with Gasteiger partial charge in [-0.3, -0.25) is 4.79 Å². The summed E-state index contributed by atoms with van der Waals surface area (Å²) in [4.78, 5) is 12.3. The lowest BCUT2D eigenvalue weighted by molar-refractivity contribution is 0.103. The smallest absolute Gasteiger partial charge is 0.193 e. The van der Waals surface area contributed by atoms with Crippen LogP contribution in [0.2, 0.25) is 0 Å². The van der Waals surface area contributed by atoms with Crippen molar-refractivity contribution in [3.8, 4) is 5.75 Å². The number of hydrogen-bond donors (Lipinski definition) is 1. The molecule has 0 amide bonds. The molecule has 0 fully saturated rings. The van der Waals surface area contributed by atoms with Crippen molar-refractivity contribution in [2.45, 2.75) is 6.42 Å². The van der Waals surface area contributed by atoms with Crippen LogP contribution in [0.3, 0.4) is 0 Å². The lowest BCUT2D eigenvalue weighted by atomic mass is 9.99. The standard InChI is InChI=1S/C20H16O2/c21-19-12-8-16(9-13-19)14-15-6-10-18(11-7-15)20(22)17-4-2-1-3-5-17/h1-13,21H,14H2. The predicted octanol–water partition coefficient (Wildman–Crippen LogP) is 4.21. The first kappa shape index (κ1) is 14.1. The third kappa shape index (κ3) is 3.23. The van der Waals surface area contributed by atoms with E-state index < -0.39 is 0 Å². The Labute approximate surface area is 129 Å². The number of ketones is 1. The van der Waals surface area contributed by atoms with Crippen LogP contribution in [0.15, 0.2) is 78.9 Å². The van der Waals surface area contributed by atoms with Crippen LogP contribution in [0.5, 0.6) is 5.75 Å². The molecule has 0 aliphatic rings. The topological polar surface area (TPSA) is 37.3 Å². The molecule has 0 aliphatic carbocycles. The van der Waals surface area contributed by atoms with E-state index in [1.807, 2.05) is 66.7 Å². The summed E-state index contributed by atoms with van der Waals surface area (Å²) in [6, 6.07) is 24.1.